The lowest BCUT2D eigenvalue weighted by atomic mass is 10.0. The molecule has 0 radical (unpaired) electrons. The summed E-state index contributed by atoms with van der Waals surface area (Å²) < 4.78 is 7.04. The second kappa shape index (κ2) is 10.6. The standard InChI is InChI=1S/C48H29N5/c1-2-13-32(14-3-1)52-43-20-10-7-17-40(43)49-47(52)31-22-25-33(26-23-31)51-45-29-39-37(28-38(45)36-27-24-30-12-4-5-15-34(30)46(36)51)35-16-6-9-19-42(35)53-44-21-11-8-18-41(44)50-48(39)53/h1-29H. The topological polar surface area (TPSA) is 40.0 Å². The van der Waals surface area contributed by atoms with E-state index in [2.05, 4.69) is 189 Å². The molecule has 0 aliphatic heterocycles. The second-order valence-electron chi connectivity index (χ2n) is 13.9. The fourth-order valence-electron chi connectivity index (χ4n) is 8.66. The summed E-state index contributed by atoms with van der Waals surface area (Å²) in [7, 11) is 0. The van der Waals surface area contributed by atoms with Crippen molar-refractivity contribution >= 4 is 82.0 Å². The molecule has 0 saturated heterocycles. The van der Waals surface area contributed by atoms with Crippen LogP contribution in [0.4, 0.5) is 0 Å². The summed E-state index contributed by atoms with van der Waals surface area (Å²) in [5.41, 5.74) is 11.9. The second-order valence-corrected chi connectivity index (χ2v) is 13.9. The molecule has 246 valence electrons. The molecule has 53 heavy (non-hydrogen) atoms. The summed E-state index contributed by atoms with van der Waals surface area (Å²) >= 11 is 0. The van der Waals surface area contributed by atoms with Crippen LogP contribution in [0, 0.1) is 0 Å². The molecule has 12 rings (SSSR count). The molecule has 12 aromatic rings. The molecule has 5 heteroatoms. The van der Waals surface area contributed by atoms with Gasteiger partial charge >= 0.3 is 0 Å². The van der Waals surface area contributed by atoms with Gasteiger partial charge in [0.2, 0.25) is 0 Å². The molecular weight excluding hydrogens is 647 g/mol. The maximum Gasteiger partial charge on any atom is 0.146 e. The number of aromatic nitrogens is 5. The largest absolute Gasteiger partial charge is 0.309 e. The molecule has 4 heterocycles. The van der Waals surface area contributed by atoms with Gasteiger partial charge in [-0.3, -0.25) is 8.97 Å². The highest BCUT2D eigenvalue weighted by Crippen LogP contribution is 2.42. The van der Waals surface area contributed by atoms with Gasteiger partial charge in [0.25, 0.3) is 0 Å². The average Bonchev–Trinajstić information content (AvgIpc) is 3.91. The van der Waals surface area contributed by atoms with Crippen molar-refractivity contribution in [3.63, 3.8) is 0 Å². The third kappa shape index (κ3) is 3.96. The number of benzene rings is 8. The van der Waals surface area contributed by atoms with Crippen LogP contribution >= 0.6 is 0 Å². The average molecular weight is 676 g/mol. The van der Waals surface area contributed by atoms with E-state index in [-0.39, 0.29) is 0 Å². The summed E-state index contributed by atoms with van der Waals surface area (Å²) in [6.45, 7) is 0. The third-order valence-corrected chi connectivity index (χ3v) is 11.0. The highest BCUT2D eigenvalue weighted by molar-refractivity contribution is 6.24. The highest BCUT2D eigenvalue weighted by atomic mass is 15.1. The van der Waals surface area contributed by atoms with Crippen LogP contribution in [0.15, 0.2) is 176 Å². The molecule has 5 nitrogen and oxygen atoms in total. The number of fused-ring (bicyclic) bond motifs is 14. The van der Waals surface area contributed by atoms with Crippen LogP contribution in [0.2, 0.25) is 0 Å². The van der Waals surface area contributed by atoms with E-state index in [9.17, 15) is 0 Å². The molecule has 0 aliphatic carbocycles. The summed E-state index contributed by atoms with van der Waals surface area (Å²) in [4.78, 5) is 10.4. The third-order valence-electron chi connectivity index (χ3n) is 11.0. The van der Waals surface area contributed by atoms with Crippen LogP contribution < -0.4 is 0 Å². The van der Waals surface area contributed by atoms with Crippen molar-refractivity contribution in [3.05, 3.63) is 176 Å². The molecule has 0 unspecified atom stereocenters. The van der Waals surface area contributed by atoms with Crippen LogP contribution in [0.25, 0.3) is 105 Å². The van der Waals surface area contributed by atoms with Crippen molar-refractivity contribution < 1.29 is 0 Å². The number of nitrogens with zero attached hydrogens (tertiary/aromatic N) is 5. The van der Waals surface area contributed by atoms with Crippen LogP contribution in [-0.4, -0.2) is 23.5 Å². The maximum absolute atomic E-state index is 5.25. The highest BCUT2D eigenvalue weighted by Gasteiger charge is 2.21. The van der Waals surface area contributed by atoms with Crippen molar-refractivity contribution in [1.82, 2.24) is 23.5 Å². The minimum absolute atomic E-state index is 0.920. The number of rotatable bonds is 3. The minimum Gasteiger partial charge on any atom is -0.309 e. The Morgan fingerprint density at radius 1 is 0.358 bits per heavy atom. The number of hydrogen-bond acceptors (Lipinski definition) is 2. The zero-order chi connectivity index (χ0) is 34.6. The Morgan fingerprint density at radius 2 is 1.02 bits per heavy atom. The van der Waals surface area contributed by atoms with Gasteiger partial charge in [-0.05, 0) is 89.6 Å². The van der Waals surface area contributed by atoms with Gasteiger partial charge in [-0.2, -0.15) is 0 Å². The fraction of sp³-hybridized carbons (Fsp3) is 0. The van der Waals surface area contributed by atoms with E-state index in [0.29, 0.717) is 0 Å². The van der Waals surface area contributed by atoms with Crippen LogP contribution in [0.5, 0.6) is 0 Å². The first kappa shape index (κ1) is 28.5. The molecule has 0 aliphatic rings. The Labute approximate surface area is 303 Å². The predicted molar refractivity (Wildman–Crippen MR) is 220 cm³/mol. The first-order valence-corrected chi connectivity index (χ1v) is 18.0. The van der Waals surface area contributed by atoms with E-state index in [1.807, 2.05) is 0 Å². The zero-order valence-corrected chi connectivity index (χ0v) is 28.5. The minimum atomic E-state index is 0.920. The number of para-hydroxylation sites is 6. The molecule has 0 bridgehead atoms. The number of hydrogen-bond donors (Lipinski definition) is 0. The molecule has 0 saturated carbocycles. The van der Waals surface area contributed by atoms with E-state index in [1.54, 1.807) is 0 Å². The van der Waals surface area contributed by atoms with Gasteiger partial charge in [0, 0.05) is 43.9 Å². The Kier molecular flexibility index (Phi) is 5.71. The van der Waals surface area contributed by atoms with Gasteiger partial charge in [-0.1, -0.05) is 97.1 Å². The molecule has 0 atom stereocenters. The molecule has 0 spiro atoms. The lowest BCUT2D eigenvalue weighted by Gasteiger charge is -2.13. The van der Waals surface area contributed by atoms with Crippen LogP contribution in [0.1, 0.15) is 0 Å². The maximum atomic E-state index is 5.25. The van der Waals surface area contributed by atoms with E-state index < -0.39 is 0 Å². The molecule has 4 aromatic heterocycles. The Balaban J connectivity index is 1.17. The monoisotopic (exact) mass is 675 g/mol. The number of imidazole rings is 2. The van der Waals surface area contributed by atoms with E-state index in [0.717, 1.165) is 66.9 Å². The predicted octanol–water partition coefficient (Wildman–Crippen LogP) is 12.1. The Morgan fingerprint density at radius 3 is 1.85 bits per heavy atom. The van der Waals surface area contributed by atoms with E-state index >= 15 is 0 Å². The Hall–Kier alpha value is -7.24. The zero-order valence-electron chi connectivity index (χ0n) is 28.5. The van der Waals surface area contributed by atoms with Crippen molar-refractivity contribution in [2.45, 2.75) is 0 Å². The first-order chi connectivity index (χ1) is 26.3. The lowest BCUT2D eigenvalue weighted by molar-refractivity contribution is 1.10. The van der Waals surface area contributed by atoms with Gasteiger partial charge in [-0.15, -0.1) is 0 Å². The Bertz CT molecular complexity index is 3440. The van der Waals surface area contributed by atoms with Crippen LogP contribution in [-0.2, 0) is 0 Å². The van der Waals surface area contributed by atoms with E-state index in [1.165, 1.54) is 37.8 Å². The first-order valence-electron chi connectivity index (χ1n) is 18.0. The van der Waals surface area contributed by atoms with Gasteiger partial charge < -0.3 is 4.57 Å². The molecule has 0 N–H and O–H groups in total. The fourth-order valence-corrected chi connectivity index (χ4v) is 8.66. The lowest BCUT2D eigenvalue weighted by Crippen LogP contribution is -1.98. The van der Waals surface area contributed by atoms with Gasteiger partial charge in [0.15, 0.2) is 0 Å². The molecular formula is C48H29N5. The normalized spacial score (nSPS) is 12.2. The van der Waals surface area contributed by atoms with Crippen LogP contribution in [0.3, 0.4) is 0 Å². The quantitative estimate of drug-likeness (QED) is 0.175. The summed E-state index contributed by atoms with van der Waals surface area (Å²) in [5.74, 6) is 0.920. The van der Waals surface area contributed by atoms with E-state index in [4.69, 9.17) is 9.97 Å². The SMILES string of the molecule is c1ccc(-n2c(-c3ccc(-n4c5cc6c(cc5c5ccc7ccccc7c54)c4ccccc4n4c5ccccc5nc64)cc3)nc3ccccc32)cc1. The van der Waals surface area contributed by atoms with Gasteiger partial charge in [0.1, 0.15) is 11.5 Å². The summed E-state index contributed by atoms with van der Waals surface area (Å²) in [6.07, 6.45) is 0. The van der Waals surface area contributed by atoms with Crippen molar-refractivity contribution in [2.75, 3.05) is 0 Å². The van der Waals surface area contributed by atoms with Crippen molar-refractivity contribution in [3.8, 4) is 22.8 Å². The molecule has 8 aromatic carbocycles. The van der Waals surface area contributed by atoms with Crippen molar-refractivity contribution in [2.24, 2.45) is 0 Å². The van der Waals surface area contributed by atoms with Gasteiger partial charge in [0.05, 0.1) is 38.6 Å². The molecule has 0 amide bonds. The smallest absolute Gasteiger partial charge is 0.146 e. The summed E-state index contributed by atoms with van der Waals surface area (Å²) in [5, 5.41) is 8.45. The summed E-state index contributed by atoms with van der Waals surface area (Å²) in [6, 6.07) is 63.0. The van der Waals surface area contributed by atoms with Crippen molar-refractivity contribution in [1.29, 1.82) is 0 Å². The molecule has 0 fully saturated rings. The van der Waals surface area contributed by atoms with Gasteiger partial charge in [-0.25, -0.2) is 9.97 Å². The number of pyridine rings is 1.